The summed E-state index contributed by atoms with van der Waals surface area (Å²) in [6, 6.07) is 9.18. The molecule has 3 aliphatic heterocycles. The highest BCUT2D eigenvalue weighted by atomic mass is 16.5. The van der Waals surface area contributed by atoms with Crippen LogP contribution in [0, 0.1) is 11.8 Å². The molecule has 5 atom stereocenters. The number of likely N-dealkylation sites (tertiary alicyclic amines) is 1. The number of hydrogen-bond acceptors (Lipinski definition) is 5. The first-order chi connectivity index (χ1) is 20.8. The molecule has 2 bridgehead atoms. The molecule has 1 aromatic carbocycles. The van der Waals surface area contributed by atoms with E-state index in [1.165, 1.54) is 6.42 Å². The largest absolute Gasteiger partial charge is 0.396 e. The van der Waals surface area contributed by atoms with Gasteiger partial charge in [0.15, 0.2) is 0 Å². The molecule has 43 heavy (non-hydrogen) atoms. The predicted molar refractivity (Wildman–Crippen MR) is 166 cm³/mol. The molecular weight excluding hydrogens is 542 g/mol. The quantitative estimate of drug-likeness (QED) is 0.255. The summed E-state index contributed by atoms with van der Waals surface area (Å²) >= 11 is 0. The SMILES string of the molecule is C=CCN(Cc1ccccc1)C(=O)[C@H]1[C@H]2C(=O)N(CCCCCO)C(C(=O)N(CC=C)C3CCCCC3)C23CC[C@]1(C)O3. The van der Waals surface area contributed by atoms with E-state index in [4.69, 9.17) is 4.74 Å². The van der Waals surface area contributed by atoms with E-state index >= 15 is 0 Å². The van der Waals surface area contributed by atoms with Gasteiger partial charge in [0.2, 0.25) is 17.7 Å². The van der Waals surface area contributed by atoms with E-state index in [0.29, 0.717) is 51.9 Å². The van der Waals surface area contributed by atoms with E-state index in [0.717, 1.165) is 37.7 Å². The summed E-state index contributed by atoms with van der Waals surface area (Å²) in [4.78, 5) is 49.2. The maximum absolute atomic E-state index is 14.7. The Bertz CT molecular complexity index is 1180. The molecule has 1 N–H and O–H groups in total. The summed E-state index contributed by atoms with van der Waals surface area (Å²) in [7, 11) is 0. The van der Waals surface area contributed by atoms with E-state index < -0.39 is 29.1 Å². The van der Waals surface area contributed by atoms with Gasteiger partial charge in [0.05, 0.1) is 17.4 Å². The van der Waals surface area contributed by atoms with Crippen LogP contribution in [0.5, 0.6) is 0 Å². The van der Waals surface area contributed by atoms with Crippen molar-refractivity contribution < 1.29 is 24.2 Å². The van der Waals surface area contributed by atoms with Crippen LogP contribution in [0.4, 0.5) is 0 Å². The van der Waals surface area contributed by atoms with Crippen molar-refractivity contribution in [2.75, 3.05) is 26.2 Å². The van der Waals surface area contributed by atoms with Gasteiger partial charge < -0.3 is 24.5 Å². The second-order valence-corrected chi connectivity index (χ2v) is 13.1. The Morgan fingerprint density at radius 2 is 1.74 bits per heavy atom. The van der Waals surface area contributed by atoms with Crippen LogP contribution in [-0.4, -0.2) is 87.1 Å². The highest BCUT2D eigenvalue weighted by Gasteiger charge is 2.78. The van der Waals surface area contributed by atoms with E-state index in [2.05, 4.69) is 13.2 Å². The molecule has 2 unspecified atom stereocenters. The predicted octanol–water partition coefficient (Wildman–Crippen LogP) is 4.48. The topological polar surface area (TPSA) is 90.4 Å². The number of aliphatic hydroxyl groups is 1. The van der Waals surface area contributed by atoms with E-state index in [-0.39, 0.29) is 30.4 Å². The first kappa shape index (κ1) is 31.5. The van der Waals surface area contributed by atoms with E-state index in [1.807, 2.05) is 42.2 Å². The number of amides is 3. The Morgan fingerprint density at radius 1 is 1.02 bits per heavy atom. The summed E-state index contributed by atoms with van der Waals surface area (Å²) in [5.74, 6) is -1.74. The summed E-state index contributed by atoms with van der Waals surface area (Å²) in [6.45, 7) is 11.5. The van der Waals surface area contributed by atoms with Crippen LogP contribution < -0.4 is 0 Å². The second kappa shape index (κ2) is 13.3. The first-order valence-electron chi connectivity index (χ1n) is 16.3. The monoisotopic (exact) mass is 591 g/mol. The molecule has 1 aliphatic carbocycles. The average Bonchev–Trinajstić information content (AvgIpc) is 3.58. The van der Waals surface area contributed by atoms with Gasteiger partial charge in [0.1, 0.15) is 11.6 Å². The fourth-order valence-corrected chi connectivity index (χ4v) is 8.39. The van der Waals surface area contributed by atoms with Gasteiger partial charge in [-0.25, -0.2) is 0 Å². The van der Waals surface area contributed by atoms with Crippen molar-refractivity contribution in [1.82, 2.24) is 14.7 Å². The summed E-state index contributed by atoms with van der Waals surface area (Å²) in [5.41, 5.74) is -0.866. The number of carbonyl (C=O) groups is 3. The zero-order valence-corrected chi connectivity index (χ0v) is 25.8. The molecule has 3 saturated heterocycles. The van der Waals surface area contributed by atoms with Gasteiger partial charge in [-0.05, 0) is 57.4 Å². The van der Waals surface area contributed by atoms with Gasteiger partial charge in [-0.2, -0.15) is 0 Å². The molecule has 3 amide bonds. The third-order valence-electron chi connectivity index (χ3n) is 10.3. The van der Waals surface area contributed by atoms with Crippen LogP contribution >= 0.6 is 0 Å². The second-order valence-electron chi connectivity index (χ2n) is 13.1. The number of ether oxygens (including phenoxy) is 1. The average molecular weight is 592 g/mol. The summed E-state index contributed by atoms with van der Waals surface area (Å²) < 4.78 is 6.91. The lowest BCUT2D eigenvalue weighted by molar-refractivity contribution is -0.155. The molecule has 1 saturated carbocycles. The Morgan fingerprint density at radius 3 is 2.42 bits per heavy atom. The van der Waals surface area contributed by atoms with Gasteiger partial charge >= 0.3 is 0 Å². The highest BCUT2D eigenvalue weighted by Crippen LogP contribution is 2.63. The Kier molecular flexibility index (Phi) is 9.76. The number of nitrogens with zero attached hydrogens (tertiary/aromatic N) is 3. The third-order valence-corrected chi connectivity index (χ3v) is 10.3. The molecule has 5 rings (SSSR count). The number of unbranched alkanes of at least 4 members (excludes halogenated alkanes) is 2. The van der Waals surface area contributed by atoms with Crippen LogP contribution in [-0.2, 0) is 25.7 Å². The van der Waals surface area contributed by atoms with Crippen LogP contribution in [0.1, 0.15) is 76.7 Å². The lowest BCUT2D eigenvalue weighted by Crippen LogP contribution is -2.58. The fraction of sp³-hybridized carbons (Fsp3) is 0.629. The van der Waals surface area contributed by atoms with Gasteiger partial charge in [-0.1, -0.05) is 61.7 Å². The molecule has 1 aromatic rings. The Labute approximate surface area is 256 Å². The highest BCUT2D eigenvalue weighted by molar-refractivity contribution is 5.99. The first-order valence-corrected chi connectivity index (χ1v) is 16.3. The summed E-state index contributed by atoms with van der Waals surface area (Å²) in [5, 5.41) is 9.35. The standard InChI is InChI=1S/C35H49N3O5/c1-4-21-36(25-26-15-9-6-10-16-26)31(40)28-29-32(41)38(23-13-8-14-24-39)30(35(29)20-19-34(28,3)43-35)33(42)37(22-5-2)27-17-11-7-12-18-27/h4-6,9-10,15-16,27-30,39H,1-2,7-8,11-14,17-25H2,3H3/t28-,29+,30?,34+,35?/m1/s1. The molecule has 1 spiro atoms. The minimum absolute atomic E-state index is 0.0746. The normalized spacial score (nSPS) is 29.9. The molecular formula is C35H49N3O5. The third kappa shape index (κ3) is 5.80. The number of hydrogen-bond donors (Lipinski definition) is 1. The molecule has 0 aromatic heterocycles. The molecule has 4 fully saturated rings. The van der Waals surface area contributed by atoms with E-state index in [1.54, 1.807) is 22.0 Å². The van der Waals surface area contributed by atoms with Crippen molar-refractivity contribution in [3.05, 3.63) is 61.2 Å². The van der Waals surface area contributed by atoms with Gasteiger partial charge in [-0.15, -0.1) is 13.2 Å². The molecule has 4 aliphatic rings. The van der Waals surface area contributed by atoms with Crippen LogP contribution in [0.15, 0.2) is 55.6 Å². The minimum Gasteiger partial charge on any atom is -0.396 e. The number of carbonyl (C=O) groups excluding carboxylic acids is 3. The van der Waals surface area contributed by atoms with E-state index in [9.17, 15) is 19.5 Å². The van der Waals surface area contributed by atoms with Crippen LogP contribution in [0.3, 0.4) is 0 Å². The zero-order valence-electron chi connectivity index (χ0n) is 25.8. The number of aliphatic hydroxyl groups excluding tert-OH is 1. The van der Waals surface area contributed by atoms with Crippen LogP contribution in [0.2, 0.25) is 0 Å². The van der Waals surface area contributed by atoms with Gasteiger partial charge in [-0.3, -0.25) is 14.4 Å². The molecule has 234 valence electrons. The molecule has 8 nitrogen and oxygen atoms in total. The summed E-state index contributed by atoms with van der Waals surface area (Å²) in [6.07, 6.45) is 12.0. The molecule has 8 heteroatoms. The Balaban J connectivity index is 1.50. The van der Waals surface area contributed by atoms with Gasteiger partial charge in [0, 0.05) is 38.8 Å². The zero-order chi connectivity index (χ0) is 30.6. The van der Waals surface area contributed by atoms with Crippen molar-refractivity contribution in [2.24, 2.45) is 11.8 Å². The van der Waals surface area contributed by atoms with Crippen molar-refractivity contribution in [2.45, 2.75) is 101 Å². The Hall–Kier alpha value is -2.97. The maximum atomic E-state index is 14.7. The lowest BCUT2D eigenvalue weighted by atomic mass is 9.66. The lowest BCUT2D eigenvalue weighted by Gasteiger charge is -2.40. The fourth-order valence-electron chi connectivity index (χ4n) is 8.39. The molecule has 0 radical (unpaired) electrons. The number of benzene rings is 1. The molecule has 3 heterocycles. The minimum atomic E-state index is -1.04. The smallest absolute Gasteiger partial charge is 0.248 e. The number of rotatable bonds is 14. The van der Waals surface area contributed by atoms with Crippen molar-refractivity contribution in [3.8, 4) is 0 Å². The van der Waals surface area contributed by atoms with Crippen molar-refractivity contribution >= 4 is 17.7 Å². The maximum Gasteiger partial charge on any atom is 0.248 e. The number of fused-ring (bicyclic) bond motifs is 1. The van der Waals surface area contributed by atoms with Crippen molar-refractivity contribution in [1.29, 1.82) is 0 Å². The van der Waals surface area contributed by atoms with Gasteiger partial charge in [0.25, 0.3) is 0 Å². The van der Waals surface area contributed by atoms with Crippen molar-refractivity contribution in [3.63, 3.8) is 0 Å². The van der Waals surface area contributed by atoms with Crippen LogP contribution in [0.25, 0.3) is 0 Å².